The third-order valence-electron chi connectivity index (χ3n) is 4.95. The average Bonchev–Trinajstić information content (AvgIpc) is 3.10. The third kappa shape index (κ3) is 5.33. The number of carbonyl (C=O) groups is 1. The summed E-state index contributed by atoms with van der Waals surface area (Å²) in [6, 6.07) is 0. The van der Waals surface area contributed by atoms with Crippen molar-refractivity contribution < 1.29 is 19.7 Å². The number of hydrogen-bond acceptors (Lipinski definition) is 3. The number of fused-ring (bicyclic) bond motifs is 2. The van der Waals surface area contributed by atoms with Gasteiger partial charge >= 0.3 is 5.97 Å². The second kappa shape index (κ2) is 9.04. The lowest BCUT2D eigenvalue weighted by Gasteiger charge is -2.27. The predicted molar refractivity (Wildman–Crippen MR) is 90.1 cm³/mol. The average molecular weight is 320 g/mol. The van der Waals surface area contributed by atoms with Crippen molar-refractivity contribution in [3.8, 4) is 0 Å². The molecule has 2 fully saturated rings. The molecule has 0 aromatic rings. The first kappa shape index (κ1) is 18.0. The maximum Gasteiger partial charge on any atom is 0.307 e. The highest BCUT2D eigenvalue weighted by atomic mass is 16.5. The van der Waals surface area contributed by atoms with E-state index in [1.165, 1.54) is 0 Å². The zero-order valence-electron chi connectivity index (χ0n) is 13.6. The number of hydrogen-bond donors (Lipinski definition) is 2. The van der Waals surface area contributed by atoms with Crippen molar-refractivity contribution in [3.63, 3.8) is 0 Å². The molecule has 0 saturated carbocycles. The van der Waals surface area contributed by atoms with Crippen molar-refractivity contribution in [3.05, 3.63) is 37.0 Å². The summed E-state index contributed by atoms with van der Waals surface area (Å²) in [5, 5.41) is 18.5. The van der Waals surface area contributed by atoms with E-state index in [4.69, 9.17) is 9.84 Å². The lowest BCUT2D eigenvalue weighted by atomic mass is 9.75. The number of carboxylic acid groups (broad SMARTS) is 1. The Morgan fingerprint density at radius 1 is 1.22 bits per heavy atom. The molecule has 2 aliphatic rings. The van der Waals surface area contributed by atoms with Gasteiger partial charge in [-0.1, -0.05) is 30.4 Å². The van der Waals surface area contributed by atoms with E-state index in [1.54, 1.807) is 18.2 Å². The Kier molecular flexibility index (Phi) is 7.06. The highest BCUT2D eigenvalue weighted by molar-refractivity contribution is 5.68. The van der Waals surface area contributed by atoms with E-state index in [0.29, 0.717) is 30.5 Å². The molecule has 2 heterocycles. The quantitative estimate of drug-likeness (QED) is 0.478. The summed E-state index contributed by atoms with van der Waals surface area (Å²) < 4.78 is 6.07. The number of rotatable bonds is 10. The van der Waals surface area contributed by atoms with Gasteiger partial charge in [-0.25, -0.2) is 0 Å². The second-order valence-electron chi connectivity index (χ2n) is 6.56. The van der Waals surface area contributed by atoms with Crippen molar-refractivity contribution in [2.45, 2.75) is 63.3 Å². The standard InChI is InChI=1S/C19H28O4/c1-2-7-14(20)10-11-16-15(17-12-13-18(16)23-17)8-5-3-4-6-9-19(21)22/h2-6,14-18,20H,1,7-13H2,(H,21,22)/b5-3-,6-4?/t14?,15-,16+,17-,18+/m0/s1. The minimum Gasteiger partial charge on any atom is -0.481 e. The van der Waals surface area contributed by atoms with Crippen LogP contribution in [0.2, 0.25) is 0 Å². The largest absolute Gasteiger partial charge is 0.481 e. The van der Waals surface area contributed by atoms with E-state index in [0.717, 1.165) is 32.1 Å². The molecule has 2 N–H and O–H groups in total. The fraction of sp³-hybridized carbons (Fsp3) is 0.632. The molecule has 0 amide bonds. The monoisotopic (exact) mass is 320 g/mol. The fourth-order valence-corrected chi connectivity index (χ4v) is 3.85. The van der Waals surface area contributed by atoms with Crippen molar-refractivity contribution in [1.29, 1.82) is 0 Å². The van der Waals surface area contributed by atoms with Crippen LogP contribution in [0.3, 0.4) is 0 Å². The van der Waals surface area contributed by atoms with E-state index in [1.807, 2.05) is 6.08 Å². The SMILES string of the molecule is C=CCC(O)CC[C@@H]1[C@H](C/C=C\C=CCC(=O)O)[C@@H]2CC[C@H]1O2. The molecule has 4 heteroatoms. The van der Waals surface area contributed by atoms with E-state index in [9.17, 15) is 9.90 Å². The molecule has 4 nitrogen and oxygen atoms in total. The number of aliphatic carboxylic acids is 1. The van der Waals surface area contributed by atoms with Gasteiger partial charge in [0.15, 0.2) is 0 Å². The van der Waals surface area contributed by atoms with Crippen LogP contribution in [-0.2, 0) is 9.53 Å². The van der Waals surface area contributed by atoms with E-state index >= 15 is 0 Å². The summed E-state index contributed by atoms with van der Waals surface area (Å²) in [6.45, 7) is 3.67. The number of ether oxygens (including phenoxy) is 1. The molecule has 2 aliphatic heterocycles. The molecule has 0 spiro atoms. The van der Waals surface area contributed by atoms with Gasteiger partial charge in [0.2, 0.25) is 0 Å². The zero-order chi connectivity index (χ0) is 16.7. The summed E-state index contributed by atoms with van der Waals surface area (Å²) in [6.07, 6.45) is 15.5. The Labute approximate surface area is 138 Å². The van der Waals surface area contributed by atoms with Gasteiger partial charge in [0, 0.05) is 0 Å². The zero-order valence-corrected chi connectivity index (χ0v) is 13.6. The van der Waals surface area contributed by atoms with Crippen molar-refractivity contribution in [2.24, 2.45) is 11.8 Å². The Morgan fingerprint density at radius 2 is 1.91 bits per heavy atom. The molecule has 128 valence electrons. The van der Waals surface area contributed by atoms with Gasteiger partial charge in [-0.15, -0.1) is 6.58 Å². The number of aliphatic hydroxyl groups excluding tert-OH is 1. The van der Waals surface area contributed by atoms with Gasteiger partial charge in [-0.05, 0) is 50.4 Å². The molecule has 0 radical (unpaired) electrons. The molecule has 0 aromatic carbocycles. The van der Waals surface area contributed by atoms with Crippen LogP contribution in [-0.4, -0.2) is 34.5 Å². The molecule has 2 rings (SSSR count). The number of aliphatic hydroxyl groups is 1. The summed E-state index contributed by atoms with van der Waals surface area (Å²) >= 11 is 0. The van der Waals surface area contributed by atoms with Gasteiger partial charge in [0.25, 0.3) is 0 Å². The van der Waals surface area contributed by atoms with Crippen LogP contribution in [0.5, 0.6) is 0 Å². The van der Waals surface area contributed by atoms with Gasteiger partial charge in [0.05, 0.1) is 24.7 Å². The van der Waals surface area contributed by atoms with Gasteiger partial charge < -0.3 is 14.9 Å². The lowest BCUT2D eigenvalue weighted by molar-refractivity contribution is -0.136. The van der Waals surface area contributed by atoms with Crippen LogP contribution in [0, 0.1) is 11.8 Å². The maximum absolute atomic E-state index is 10.4. The van der Waals surface area contributed by atoms with Crippen molar-refractivity contribution >= 4 is 5.97 Å². The topological polar surface area (TPSA) is 66.8 Å². The van der Waals surface area contributed by atoms with Crippen LogP contribution in [0.1, 0.15) is 44.9 Å². The Bertz CT molecular complexity index is 454. The van der Waals surface area contributed by atoms with Crippen LogP contribution >= 0.6 is 0 Å². The van der Waals surface area contributed by atoms with Gasteiger partial charge in [-0.2, -0.15) is 0 Å². The summed E-state index contributed by atoms with van der Waals surface area (Å²) in [7, 11) is 0. The van der Waals surface area contributed by atoms with Crippen LogP contribution in [0.25, 0.3) is 0 Å². The van der Waals surface area contributed by atoms with Gasteiger partial charge in [0.1, 0.15) is 0 Å². The maximum atomic E-state index is 10.4. The minimum absolute atomic E-state index is 0.0609. The van der Waals surface area contributed by atoms with E-state index < -0.39 is 5.97 Å². The summed E-state index contributed by atoms with van der Waals surface area (Å²) in [5.41, 5.74) is 0. The molecule has 0 aromatic heterocycles. The second-order valence-corrected chi connectivity index (χ2v) is 6.56. The first-order valence-electron chi connectivity index (χ1n) is 8.59. The number of carboxylic acids is 1. The molecular weight excluding hydrogens is 292 g/mol. The Morgan fingerprint density at radius 3 is 2.61 bits per heavy atom. The van der Waals surface area contributed by atoms with Gasteiger partial charge in [-0.3, -0.25) is 4.79 Å². The highest BCUT2D eigenvalue weighted by Crippen LogP contribution is 2.47. The number of allylic oxidation sites excluding steroid dienone is 3. The summed E-state index contributed by atoms with van der Waals surface area (Å²) in [5.74, 6) is 0.240. The molecule has 23 heavy (non-hydrogen) atoms. The molecule has 5 atom stereocenters. The highest BCUT2D eigenvalue weighted by Gasteiger charge is 2.47. The first-order valence-corrected chi connectivity index (χ1v) is 8.59. The fourth-order valence-electron chi connectivity index (χ4n) is 3.85. The third-order valence-corrected chi connectivity index (χ3v) is 4.95. The molecule has 1 unspecified atom stereocenters. The van der Waals surface area contributed by atoms with Crippen LogP contribution in [0.4, 0.5) is 0 Å². The summed E-state index contributed by atoms with van der Waals surface area (Å²) in [4.78, 5) is 10.4. The molecule has 0 aliphatic carbocycles. The Balaban J connectivity index is 1.81. The Hall–Kier alpha value is -1.39. The molecular formula is C19H28O4. The predicted octanol–water partition coefficient (Wildman–Crippen LogP) is 3.47. The van der Waals surface area contributed by atoms with Crippen LogP contribution < -0.4 is 0 Å². The normalized spacial score (nSPS) is 31.2. The molecule has 2 saturated heterocycles. The van der Waals surface area contributed by atoms with E-state index in [2.05, 4.69) is 12.7 Å². The van der Waals surface area contributed by atoms with Crippen LogP contribution in [0.15, 0.2) is 37.0 Å². The smallest absolute Gasteiger partial charge is 0.307 e. The van der Waals surface area contributed by atoms with Crippen molar-refractivity contribution in [2.75, 3.05) is 0 Å². The first-order chi connectivity index (χ1) is 11.1. The minimum atomic E-state index is -0.811. The molecule has 2 bridgehead atoms. The lowest BCUT2D eigenvalue weighted by Crippen LogP contribution is -2.27. The van der Waals surface area contributed by atoms with Crippen molar-refractivity contribution in [1.82, 2.24) is 0 Å². The van der Waals surface area contributed by atoms with E-state index in [-0.39, 0.29) is 12.5 Å².